The molecule has 0 unspecified atom stereocenters. The lowest BCUT2D eigenvalue weighted by atomic mass is 10.0. The summed E-state index contributed by atoms with van der Waals surface area (Å²) >= 11 is 0. The zero-order valence-corrected chi connectivity index (χ0v) is 15.4. The zero-order valence-electron chi connectivity index (χ0n) is 14.6. The molecule has 0 aromatic heterocycles. The molecule has 1 fully saturated rings. The third kappa shape index (κ3) is 3.36. The molecule has 10 nitrogen and oxygen atoms in total. The predicted molar refractivity (Wildman–Crippen MR) is 93.4 cm³/mol. The van der Waals surface area contributed by atoms with Gasteiger partial charge in [-0.25, -0.2) is 13.2 Å². The second kappa shape index (κ2) is 7.08. The summed E-state index contributed by atoms with van der Waals surface area (Å²) in [7, 11) is -4.02. The van der Waals surface area contributed by atoms with Crippen molar-refractivity contribution in [2.75, 3.05) is 12.4 Å². The average molecular weight is 408 g/mol. The molecule has 2 N–H and O–H groups in total. The van der Waals surface area contributed by atoms with Gasteiger partial charge >= 0.3 is 11.9 Å². The summed E-state index contributed by atoms with van der Waals surface area (Å²) in [6.07, 6.45) is 0. The van der Waals surface area contributed by atoms with Gasteiger partial charge in [-0.15, -0.1) is 0 Å². The molecule has 1 aromatic carbocycles. The second-order valence-electron chi connectivity index (χ2n) is 6.26. The summed E-state index contributed by atoms with van der Waals surface area (Å²) in [5, 5.41) is 10.3. The lowest BCUT2D eigenvalue weighted by molar-refractivity contribution is -0.149. The fourth-order valence-corrected chi connectivity index (χ4v) is 5.14. The first-order valence-corrected chi connectivity index (χ1v) is 9.84. The Morgan fingerprint density at radius 1 is 1.25 bits per heavy atom. The van der Waals surface area contributed by atoms with Gasteiger partial charge in [-0.3, -0.25) is 19.3 Å². The van der Waals surface area contributed by atoms with E-state index in [1.807, 2.05) is 0 Å². The quantitative estimate of drug-likeness (QED) is 0.479. The highest BCUT2D eigenvalue weighted by molar-refractivity contribution is 7.92. The van der Waals surface area contributed by atoms with Gasteiger partial charge in [-0.1, -0.05) is 18.2 Å². The van der Waals surface area contributed by atoms with E-state index >= 15 is 0 Å². The Hall–Kier alpha value is -3.21. The molecule has 3 rings (SSSR count). The molecule has 2 aliphatic heterocycles. The number of β-lactam (4-membered cyclic amide) rings is 1. The number of nitrogens with zero attached hydrogens (tertiary/aromatic N) is 1. The fraction of sp³-hybridized carbons (Fsp3) is 0.294. The largest absolute Gasteiger partial charge is 0.477 e. The smallest absolute Gasteiger partial charge is 0.352 e. The molecule has 2 atom stereocenters. The second-order valence-corrected chi connectivity index (χ2v) is 8.36. The first-order valence-electron chi connectivity index (χ1n) is 8.12. The summed E-state index contributed by atoms with van der Waals surface area (Å²) in [6, 6.07) is 6.48. The topological polar surface area (TPSA) is 147 Å². The van der Waals surface area contributed by atoms with Crippen LogP contribution in [0.2, 0.25) is 0 Å². The molecule has 2 amide bonds. The fourth-order valence-electron chi connectivity index (χ4n) is 3.14. The van der Waals surface area contributed by atoms with E-state index in [1.165, 1.54) is 12.1 Å². The Kier molecular flexibility index (Phi) is 4.94. The number of hydrogen-bond acceptors (Lipinski definition) is 7. The molecule has 0 radical (unpaired) electrons. The number of esters is 1. The normalized spacial score (nSPS) is 22.8. The molecule has 0 spiro atoms. The van der Waals surface area contributed by atoms with Gasteiger partial charge in [-0.2, -0.15) is 0 Å². The summed E-state index contributed by atoms with van der Waals surface area (Å²) in [5.74, 6) is -4.47. The average Bonchev–Trinajstić information content (AvgIpc) is 2.63. The van der Waals surface area contributed by atoms with Gasteiger partial charge in [0.05, 0.1) is 5.75 Å². The van der Waals surface area contributed by atoms with Crippen molar-refractivity contribution in [1.82, 2.24) is 10.2 Å². The number of benzene rings is 1. The monoisotopic (exact) mass is 408 g/mol. The number of fused-ring (bicyclic) bond motifs is 1. The van der Waals surface area contributed by atoms with E-state index in [2.05, 4.69) is 5.32 Å². The van der Waals surface area contributed by atoms with E-state index < -0.39 is 63.1 Å². The van der Waals surface area contributed by atoms with Crippen molar-refractivity contribution in [3.05, 3.63) is 47.2 Å². The van der Waals surface area contributed by atoms with Crippen LogP contribution in [0.15, 0.2) is 41.6 Å². The van der Waals surface area contributed by atoms with Crippen molar-refractivity contribution in [1.29, 1.82) is 0 Å². The summed E-state index contributed by atoms with van der Waals surface area (Å²) in [6.45, 7) is 0.527. The predicted octanol–water partition coefficient (Wildman–Crippen LogP) is -0.716. The molecule has 0 bridgehead atoms. The maximum absolute atomic E-state index is 12.6. The number of hydrogen-bond donors (Lipinski definition) is 2. The third-order valence-corrected chi connectivity index (χ3v) is 6.31. The molecule has 0 aliphatic carbocycles. The lowest BCUT2D eigenvalue weighted by Gasteiger charge is -2.48. The van der Waals surface area contributed by atoms with Gasteiger partial charge in [0.2, 0.25) is 0 Å². The zero-order chi connectivity index (χ0) is 20.6. The molecule has 2 heterocycles. The van der Waals surface area contributed by atoms with Crippen LogP contribution in [0.25, 0.3) is 0 Å². The molecule has 0 saturated carbocycles. The lowest BCUT2D eigenvalue weighted by Crippen LogP contribution is -2.74. The highest BCUT2D eigenvalue weighted by Gasteiger charge is 2.60. The van der Waals surface area contributed by atoms with Crippen LogP contribution >= 0.6 is 0 Å². The minimum absolute atomic E-state index is 0.208. The Morgan fingerprint density at radius 3 is 2.46 bits per heavy atom. The van der Waals surface area contributed by atoms with Gasteiger partial charge in [0.25, 0.3) is 11.8 Å². The van der Waals surface area contributed by atoms with Crippen LogP contribution in [-0.4, -0.2) is 66.0 Å². The van der Waals surface area contributed by atoms with Gasteiger partial charge < -0.3 is 15.2 Å². The van der Waals surface area contributed by atoms with Crippen molar-refractivity contribution in [2.24, 2.45) is 0 Å². The van der Waals surface area contributed by atoms with Crippen LogP contribution in [0.5, 0.6) is 0 Å². The molecule has 11 heteroatoms. The van der Waals surface area contributed by atoms with E-state index in [1.54, 1.807) is 18.2 Å². The van der Waals surface area contributed by atoms with Gasteiger partial charge in [0.15, 0.2) is 15.2 Å². The van der Waals surface area contributed by atoms with Crippen LogP contribution in [0.4, 0.5) is 0 Å². The van der Waals surface area contributed by atoms with Crippen molar-refractivity contribution < 1.29 is 37.4 Å². The summed E-state index contributed by atoms with van der Waals surface area (Å²) < 4.78 is 30.0. The van der Waals surface area contributed by atoms with Gasteiger partial charge in [0.1, 0.15) is 18.3 Å². The van der Waals surface area contributed by atoms with E-state index in [4.69, 9.17) is 4.74 Å². The Balaban J connectivity index is 1.90. The molecule has 28 heavy (non-hydrogen) atoms. The van der Waals surface area contributed by atoms with E-state index in [0.717, 1.165) is 6.92 Å². The van der Waals surface area contributed by atoms with Crippen LogP contribution < -0.4 is 5.32 Å². The summed E-state index contributed by atoms with van der Waals surface area (Å²) in [4.78, 5) is 48.0. The number of nitrogens with one attached hydrogen (secondary N) is 1. The number of sulfone groups is 1. The third-order valence-electron chi connectivity index (χ3n) is 4.34. The number of carbonyl (C=O) groups is 4. The number of rotatable bonds is 5. The number of carboxylic acids is 1. The van der Waals surface area contributed by atoms with Crippen molar-refractivity contribution in [3.63, 3.8) is 0 Å². The number of carboxylic acid groups (broad SMARTS) is 1. The minimum atomic E-state index is -4.02. The van der Waals surface area contributed by atoms with E-state index in [-0.39, 0.29) is 11.1 Å². The molecular formula is C17H16N2O8S. The Labute approximate surface area is 159 Å². The molecule has 2 aliphatic rings. The van der Waals surface area contributed by atoms with Crippen molar-refractivity contribution in [3.8, 4) is 0 Å². The maximum Gasteiger partial charge on any atom is 0.352 e. The number of aliphatic carboxylic acids is 1. The van der Waals surface area contributed by atoms with Gasteiger partial charge in [0, 0.05) is 18.1 Å². The standard InChI is InChI=1S/C17H16N2O8S/c1-9(20)27-7-11-8-28(25,26)16-12(15(22)19(16)13(11)17(23)24)18-14(21)10-5-3-2-4-6-10/h2-6,12,16H,7-8H2,1H3,(H,18,21)(H,23,24)/t12-,16-/m0/s1. The molecule has 148 valence electrons. The van der Waals surface area contributed by atoms with Crippen molar-refractivity contribution in [2.45, 2.75) is 18.3 Å². The Morgan fingerprint density at radius 2 is 1.89 bits per heavy atom. The number of amides is 2. The molecular weight excluding hydrogens is 392 g/mol. The van der Waals surface area contributed by atoms with Crippen LogP contribution in [0, 0.1) is 0 Å². The molecule has 1 aromatic rings. The first kappa shape index (κ1) is 19.5. The number of ether oxygens (including phenoxy) is 1. The van der Waals surface area contributed by atoms with Crippen LogP contribution in [-0.2, 0) is 29.0 Å². The van der Waals surface area contributed by atoms with Gasteiger partial charge in [-0.05, 0) is 12.1 Å². The highest BCUT2D eigenvalue weighted by atomic mass is 32.2. The Bertz CT molecular complexity index is 999. The summed E-state index contributed by atoms with van der Waals surface area (Å²) in [5.41, 5.74) is -0.525. The first-order chi connectivity index (χ1) is 13.1. The van der Waals surface area contributed by atoms with Crippen molar-refractivity contribution >= 4 is 33.6 Å². The molecule has 1 saturated heterocycles. The maximum atomic E-state index is 12.6. The highest BCUT2D eigenvalue weighted by Crippen LogP contribution is 2.37. The number of carbonyl (C=O) groups excluding carboxylic acids is 3. The SMILES string of the molecule is CC(=O)OCC1=C(C(=O)O)N2C(=O)[C@H](NC(=O)c3ccccc3)[C@@H]2S(=O)(=O)C1. The van der Waals surface area contributed by atoms with Crippen LogP contribution in [0.3, 0.4) is 0 Å². The van der Waals surface area contributed by atoms with Crippen LogP contribution in [0.1, 0.15) is 17.3 Å². The van der Waals surface area contributed by atoms with E-state index in [0.29, 0.717) is 4.90 Å². The van der Waals surface area contributed by atoms with E-state index in [9.17, 15) is 32.7 Å². The minimum Gasteiger partial charge on any atom is -0.477 e.